The van der Waals surface area contributed by atoms with Crippen molar-refractivity contribution in [3.63, 3.8) is 0 Å². The highest BCUT2D eigenvalue weighted by Gasteiger charge is 2.17. The number of carboxylic acids is 1. The summed E-state index contributed by atoms with van der Waals surface area (Å²) in [4.78, 5) is 16.3. The van der Waals surface area contributed by atoms with Crippen LogP contribution in [0.25, 0.3) is 23.1 Å². The molecule has 4 rings (SSSR count). The molecule has 1 aromatic heterocycles. The van der Waals surface area contributed by atoms with Gasteiger partial charge in [0.25, 0.3) is 0 Å². The average Bonchev–Trinajstić information content (AvgIpc) is 2.89. The van der Waals surface area contributed by atoms with Crippen molar-refractivity contribution in [2.45, 2.75) is 13.0 Å². The normalized spacial score (nSPS) is 12.1. The molecule has 3 aromatic carbocycles. The van der Waals surface area contributed by atoms with Crippen LogP contribution in [0.4, 0.5) is 0 Å². The molecule has 1 heterocycles. The van der Waals surface area contributed by atoms with Crippen molar-refractivity contribution in [3.05, 3.63) is 101 Å². The van der Waals surface area contributed by atoms with Crippen LogP contribution >= 0.6 is 0 Å². The van der Waals surface area contributed by atoms with Crippen LogP contribution in [0.15, 0.2) is 78.9 Å². The van der Waals surface area contributed by atoms with Gasteiger partial charge in [-0.25, -0.2) is 9.78 Å². The van der Waals surface area contributed by atoms with E-state index in [0.717, 1.165) is 27.7 Å². The highest BCUT2D eigenvalue weighted by molar-refractivity contribution is 5.91. The number of nitrogens with zero attached hydrogens (tertiary/aromatic N) is 1. The zero-order valence-electron chi connectivity index (χ0n) is 19.7. The Morgan fingerprint density at radius 2 is 1.86 bits per heavy atom. The molecular weight excluding hydrogens is 442 g/mol. The van der Waals surface area contributed by atoms with Crippen molar-refractivity contribution in [3.8, 4) is 11.5 Å². The lowest BCUT2D eigenvalue weighted by atomic mass is 10.1. The van der Waals surface area contributed by atoms with Crippen LogP contribution in [0.5, 0.6) is 11.5 Å². The Hall–Kier alpha value is -4.16. The number of aromatic nitrogens is 1. The second-order valence-corrected chi connectivity index (χ2v) is 7.85. The van der Waals surface area contributed by atoms with Crippen LogP contribution in [0, 0.1) is 0 Å². The van der Waals surface area contributed by atoms with Crippen molar-refractivity contribution in [2.75, 3.05) is 20.3 Å². The van der Waals surface area contributed by atoms with Crippen molar-refractivity contribution < 1.29 is 24.1 Å². The van der Waals surface area contributed by atoms with Gasteiger partial charge in [-0.15, -0.1) is 0 Å². The van der Waals surface area contributed by atoms with Gasteiger partial charge < -0.3 is 19.3 Å². The maximum atomic E-state index is 11.7. The van der Waals surface area contributed by atoms with Gasteiger partial charge in [0.05, 0.1) is 18.3 Å². The Morgan fingerprint density at radius 3 is 2.66 bits per heavy atom. The summed E-state index contributed by atoms with van der Waals surface area (Å²) < 4.78 is 16.9. The van der Waals surface area contributed by atoms with Gasteiger partial charge in [0.2, 0.25) is 0 Å². The van der Waals surface area contributed by atoms with Gasteiger partial charge in [-0.3, -0.25) is 0 Å². The molecule has 0 saturated heterocycles. The fourth-order valence-electron chi connectivity index (χ4n) is 3.76. The molecule has 1 N–H and O–H groups in total. The second kappa shape index (κ2) is 11.3. The van der Waals surface area contributed by atoms with E-state index in [1.807, 2.05) is 73.7 Å². The average molecular weight is 470 g/mol. The molecular formula is C29H27NO5. The van der Waals surface area contributed by atoms with Crippen LogP contribution in [-0.4, -0.2) is 36.4 Å². The molecule has 0 bridgehead atoms. The summed E-state index contributed by atoms with van der Waals surface area (Å²) in [5.41, 5.74) is 3.80. The first-order chi connectivity index (χ1) is 17.1. The van der Waals surface area contributed by atoms with Gasteiger partial charge in [0, 0.05) is 12.0 Å². The van der Waals surface area contributed by atoms with Crippen LogP contribution in [0.2, 0.25) is 0 Å². The van der Waals surface area contributed by atoms with Crippen LogP contribution in [0.1, 0.15) is 40.2 Å². The van der Waals surface area contributed by atoms with E-state index in [-0.39, 0.29) is 24.0 Å². The summed E-state index contributed by atoms with van der Waals surface area (Å²) in [7, 11) is 1.49. The Bertz CT molecular complexity index is 1350. The van der Waals surface area contributed by atoms with Gasteiger partial charge in [-0.05, 0) is 60.5 Å². The third-order valence-electron chi connectivity index (χ3n) is 5.52. The topological polar surface area (TPSA) is 77.9 Å². The molecule has 4 aromatic rings. The van der Waals surface area contributed by atoms with Crippen molar-refractivity contribution in [2.24, 2.45) is 0 Å². The number of hydrogen-bond acceptors (Lipinski definition) is 5. The lowest BCUT2D eigenvalue weighted by Gasteiger charge is -2.19. The maximum absolute atomic E-state index is 11.7. The molecule has 35 heavy (non-hydrogen) atoms. The van der Waals surface area contributed by atoms with E-state index in [1.54, 1.807) is 12.1 Å². The van der Waals surface area contributed by atoms with Crippen LogP contribution in [0.3, 0.4) is 0 Å². The quantitative estimate of drug-likeness (QED) is 0.295. The summed E-state index contributed by atoms with van der Waals surface area (Å²) >= 11 is 0. The first-order valence-corrected chi connectivity index (χ1v) is 11.4. The molecule has 0 amide bonds. The first kappa shape index (κ1) is 24.0. The number of rotatable bonds is 10. The smallest absolute Gasteiger partial charge is 0.339 e. The Labute approximate surface area is 204 Å². The number of methoxy groups -OCH3 is 1. The van der Waals surface area contributed by atoms with Crippen LogP contribution < -0.4 is 9.47 Å². The van der Waals surface area contributed by atoms with Gasteiger partial charge in [0.15, 0.2) is 0 Å². The summed E-state index contributed by atoms with van der Waals surface area (Å²) in [5.74, 6) is -0.362. The molecule has 0 aliphatic carbocycles. The van der Waals surface area contributed by atoms with Gasteiger partial charge >= 0.3 is 5.97 Å². The maximum Gasteiger partial charge on any atom is 0.339 e. The van der Waals surface area contributed by atoms with E-state index in [4.69, 9.17) is 14.2 Å². The number of carboxylic acid groups (broad SMARTS) is 1. The first-order valence-electron chi connectivity index (χ1n) is 11.4. The number of aromatic carboxylic acids is 1. The second-order valence-electron chi connectivity index (χ2n) is 7.85. The fourth-order valence-corrected chi connectivity index (χ4v) is 3.76. The lowest BCUT2D eigenvalue weighted by molar-refractivity contribution is 0.0260. The number of hydrogen-bond donors (Lipinski definition) is 1. The molecule has 178 valence electrons. The molecule has 0 saturated carbocycles. The molecule has 0 aliphatic heterocycles. The standard InChI is InChI=1S/C29H27NO5/c1-3-34-28(19-35-27-16-15-24(33-2)18-25(27)29(31)32)22-9-6-7-20(17-22)11-13-23-14-12-21-8-4-5-10-26(21)30-23/h4-18,28H,3,19H2,1-2H3,(H,31,32)/b13-11+/t28-/m1/s1. The predicted octanol–water partition coefficient (Wildman–Crippen LogP) is 6.27. The summed E-state index contributed by atoms with van der Waals surface area (Å²) in [6, 6.07) is 24.8. The zero-order valence-corrected chi connectivity index (χ0v) is 19.7. The number of fused-ring (bicyclic) bond motifs is 1. The minimum atomic E-state index is -1.08. The van der Waals surface area contributed by atoms with Gasteiger partial charge in [-0.2, -0.15) is 0 Å². The lowest BCUT2D eigenvalue weighted by Crippen LogP contribution is -2.15. The molecule has 0 unspecified atom stereocenters. The Kier molecular flexibility index (Phi) is 7.75. The summed E-state index contributed by atoms with van der Waals surface area (Å²) in [5, 5.41) is 10.6. The number of benzene rings is 3. The number of pyridine rings is 1. The number of para-hydroxylation sites is 1. The monoisotopic (exact) mass is 469 g/mol. The van der Waals surface area contributed by atoms with E-state index in [0.29, 0.717) is 12.4 Å². The minimum Gasteiger partial charge on any atom is -0.497 e. The molecule has 0 aliphatic rings. The Morgan fingerprint density at radius 1 is 1.00 bits per heavy atom. The SMILES string of the molecule is CCO[C@H](COc1ccc(OC)cc1C(=O)O)c1cccc(/C=C/c2ccc3ccccc3n2)c1. The number of ether oxygens (including phenoxy) is 3. The van der Waals surface area contributed by atoms with E-state index in [1.165, 1.54) is 13.2 Å². The van der Waals surface area contributed by atoms with E-state index in [9.17, 15) is 9.90 Å². The predicted molar refractivity (Wildman–Crippen MR) is 137 cm³/mol. The molecule has 1 atom stereocenters. The molecule has 6 heteroatoms. The molecule has 0 fully saturated rings. The number of carbonyl (C=O) groups is 1. The largest absolute Gasteiger partial charge is 0.497 e. The van der Waals surface area contributed by atoms with E-state index < -0.39 is 5.97 Å². The molecule has 6 nitrogen and oxygen atoms in total. The summed E-state index contributed by atoms with van der Waals surface area (Å²) in [6.45, 7) is 2.57. The summed E-state index contributed by atoms with van der Waals surface area (Å²) in [6.07, 6.45) is 3.63. The Balaban J connectivity index is 1.51. The molecule has 0 radical (unpaired) electrons. The third kappa shape index (κ3) is 6.05. The van der Waals surface area contributed by atoms with Crippen molar-refractivity contribution in [1.82, 2.24) is 4.98 Å². The van der Waals surface area contributed by atoms with Gasteiger partial charge in [0.1, 0.15) is 29.8 Å². The van der Waals surface area contributed by atoms with Crippen molar-refractivity contribution >= 4 is 29.0 Å². The van der Waals surface area contributed by atoms with Gasteiger partial charge in [-0.1, -0.05) is 48.5 Å². The van der Waals surface area contributed by atoms with Crippen molar-refractivity contribution in [1.29, 1.82) is 0 Å². The van der Waals surface area contributed by atoms with E-state index >= 15 is 0 Å². The molecule has 0 spiro atoms. The van der Waals surface area contributed by atoms with Crippen LogP contribution in [-0.2, 0) is 4.74 Å². The minimum absolute atomic E-state index is 0.0409. The van der Waals surface area contributed by atoms with E-state index in [2.05, 4.69) is 11.1 Å². The fraction of sp³-hybridized carbons (Fsp3) is 0.172. The highest BCUT2D eigenvalue weighted by atomic mass is 16.5. The zero-order chi connectivity index (χ0) is 24.6. The highest BCUT2D eigenvalue weighted by Crippen LogP contribution is 2.27. The third-order valence-corrected chi connectivity index (χ3v) is 5.52.